The van der Waals surface area contributed by atoms with Crippen LogP contribution < -0.4 is 0 Å². The van der Waals surface area contributed by atoms with Crippen molar-refractivity contribution < 1.29 is 14.7 Å². The molecule has 6 nitrogen and oxygen atoms in total. The molecule has 26 heavy (non-hydrogen) atoms. The van der Waals surface area contributed by atoms with Crippen LogP contribution in [0.3, 0.4) is 0 Å². The molecule has 1 aliphatic rings. The summed E-state index contributed by atoms with van der Waals surface area (Å²) in [5, 5.41) is 13.6. The van der Waals surface area contributed by atoms with Gasteiger partial charge in [0.25, 0.3) is 5.91 Å². The maximum absolute atomic E-state index is 13.0. The number of aromatic carboxylic acids is 1. The van der Waals surface area contributed by atoms with E-state index in [9.17, 15) is 9.59 Å². The van der Waals surface area contributed by atoms with Crippen molar-refractivity contribution in [2.24, 2.45) is 0 Å². The first-order chi connectivity index (χ1) is 12.5. The quantitative estimate of drug-likeness (QED) is 0.811. The SMILES string of the molecule is CC(C)Sc1ccccc1C(=O)N1CCC(n2cc(C(=O)O)cn2)CC1. The standard InChI is InChI=1S/C19H23N3O3S/c1-13(2)26-17-6-4-3-5-16(17)18(23)21-9-7-15(8-10-21)22-12-14(11-20-22)19(24)25/h3-6,11-13,15H,7-10H2,1-2H3,(H,24,25). The molecule has 138 valence electrons. The summed E-state index contributed by atoms with van der Waals surface area (Å²) in [4.78, 5) is 26.9. The van der Waals surface area contributed by atoms with Crippen LogP contribution in [-0.2, 0) is 0 Å². The number of hydrogen-bond donors (Lipinski definition) is 1. The fourth-order valence-corrected chi connectivity index (χ4v) is 4.10. The maximum atomic E-state index is 13.0. The molecule has 0 aliphatic carbocycles. The van der Waals surface area contributed by atoms with Crippen molar-refractivity contribution in [1.29, 1.82) is 0 Å². The van der Waals surface area contributed by atoms with Crippen molar-refractivity contribution >= 4 is 23.6 Å². The van der Waals surface area contributed by atoms with E-state index in [1.54, 1.807) is 22.6 Å². The minimum Gasteiger partial charge on any atom is -0.478 e. The molecule has 1 aromatic heterocycles. The van der Waals surface area contributed by atoms with Gasteiger partial charge in [0.2, 0.25) is 0 Å². The Bertz CT molecular complexity index is 795. The highest BCUT2D eigenvalue weighted by molar-refractivity contribution is 8.00. The van der Waals surface area contributed by atoms with Gasteiger partial charge < -0.3 is 10.0 Å². The Morgan fingerprint density at radius 2 is 1.92 bits per heavy atom. The van der Waals surface area contributed by atoms with E-state index in [0.29, 0.717) is 18.3 Å². The van der Waals surface area contributed by atoms with E-state index >= 15 is 0 Å². The minimum atomic E-state index is -0.969. The monoisotopic (exact) mass is 373 g/mol. The summed E-state index contributed by atoms with van der Waals surface area (Å²) in [5.74, 6) is -0.901. The fourth-order valence-electron chi connectivity index (χ4n) is 3.15. The Balaban J connectivity index is 1.66. The van der Waals surface area contributed by atoms with Gasteiger partial charge in [0.05, 0.1) is 23.4 Å². The van der Waals surface area contributed by atoms with Crippen LogP contribution >= 0.6 is 11.8 Å². The Hall–Kier alpha value is -2.28. The van der Waals surface area contributed by atoms with Gasteiger partial charge in [-0.25, -0.2) is 4.79 Å². The van der Waals surface area contributed by atoms with Gasteiger partial charge in [-0.15, -0.1) is 11.8 Å². The molecule has 1 amide bonds. The molecule has 3 rings (SSSR count). The zero-order chi connectivity index (χ0) is 18.7. The van der Waals surface area contributed by atoms with E-state index in [0.717, 1.165) is 23.3 Å². The third kappa shape index (κ3) is 4.09. The van der Waals surface area contributed by atoms with Crippen LogP contribution in [0.5, 0.6) is 0 Å². The van der Waals surface area contributed by atoms with E-state index in [4.69, 9.17) is 5.11 Å². The second-order valence-electron chi connectivity index (χ2n) is 6.70. The predicted molar refractivity (Wildman–Crippen MR) is 101 cm³/mol. The lowest BCUT2D eigenvalue weighted by Crippen LogP contribution is -2.39. The number of thioether (sulfide) groups is 1. The predicted octanol–water partition coefficient (Wildman–Crippen LogP) is 3.56. The van der Waals surface area contributed by atoms with Crippen molar-refractivity contribution in [2.75, 3.05) is 13.1 Å². The number of hydrogen-bond acceptors (Lipinski definition) is 4. The highest BCUT2D eigenvalue weighted by Crippen LogP contribution is 2.29. The molecular formula is C19H23N3O3S. The van der Waals surface area contributed by atoms with E-state index in [-0.39, 0.29) is 17.5 Å². The van der Waals surface area contributed by atoms with Crippen molar-refractivity contribution in [3.63, 3.8) is 0 Å². The zero-order valence-corrected chi connectivity index (χ0v) is 15.8. The third-order valence-electron chi connectivity index (χ3n) is 4.45. The average molecular weight is 373 g/mol. The number of carboxylic acid groups (broad SMARTS) is 1. The minimum absolute atomic E-state index is 0.0684. The van der Waals surface area contributed by atoms with Crippen LogP contribution in [0.2, 0.25) is 0 Å². The first-order valence-electron chi connectivity index (χ1n) is 8.78. The number of carbonyl (C=O) groups is 2. The van der Waals surface area contributed by atoms with Crippen LogP contribution in [0.1, 0.15) is 53.4 Å². The molecular weight excluding hydrogens is 350 g/mol. The fraction of sp³-hybridized carbons (Fsp3) is 0.421. The third-order valence-corrected chi connectivity index (χ3v) is 5.54. The highest BCUT2D eigenvalue weighted by Gasteiger charge is 2.26. The molecule has 0 spiro atoms. The van der Waals surface area contributed by atoms with Crippen molar-refractivity contribution in [3.8, 4) is 0 Å². The number of carboxylic acids is 1. The van der Waals surface area contributed by atoms with Gasteiger partial charge in [-0.2, -0.15) is 5.10 Å². The van der Waals surface area contributed by atoms with Crippen LogP contribution in [0, 0.1) is 0 Å². The van der Waals surface area contributed by atoms with Crippen LogP contribution in [-0.4, -0.2) is 50.0 Å². The molecule has 7 heteroatoms. The van der Waals surface area contributed by atoms with Gasteiger partial charge >= 0.3 is 5.97 Å². The average Bonchev–Trinajstić information content (AvgIpc) is 3.12. The summed E-state index contributed by atoms with van der Waals surface area (Å²) in [7, 11) is 0. The van der Waals surface area contributed by atoms with E-state index in [2.05, 4.69) is 18.9 Å². The van der Waals surface area contributed by atoms with E-state index in [1.807, 2.05) is 29.2 Å². The largest absolute Gasteiger partial charge is 0.478 e. The van der Waals surface area contributed by atoms with Crippen LogP contribution in [0.4, 0.5) is 0 Å². The number of amides is 1. The highest BCUT2D eigenvalue weighted by atomic mass is 32.2. The van der Waals surface area contributed by atoms with Gasteiger partial charge in [0, 0.05) is 29.4 Å². The van der Waals surface area contributed by atoms with Gasteiger partial charge in [-0.1, -0.05) is 26.0 Å². The number of benzene rings is 1. The lowest BCUT2D eigenvalue weighted by atomic mass is 10.0. The molecule has 2 aromatic rings. The van der Waals surface area contributed by atoms with E-state index in [1.165, 1.54) is 6.20 Å². The number of nitrogens with zero attached hydrogens (tertiary/aromatic N) is 3. The topological polar surface area (TPSA) is 75.4 Å². The first kappa shape index (κ1) is 18.5. The van der Waals surface area contributed by atoms with Crippen LogP contribution in [0.25, 0.3) is 0 Å². The summed E-state index contributed by atoms with van der Waals surface area (Å²) in [6, 6.07) is 7.90. The van der Waals surface area contributed by atoms with Crippen molar-refractivity contribution in [2.45, 2.75) is 42.9 Å². The smallest absolute Gasteiger partial charge is 0.338 e. The van der Waals surface area contributed by atoms with Crippen molar-refractivity contribution in [1.82, 2.24) is 14.7 Å². The molecule has 0 saturated carbocycles. The molecule has 0 unspecified atom stereocenters. The molecule has 0 atom stereocenters. The number of aromatic nitrogens is 2. The number of likely N-dealkylation sites (tertiary alicyclic amines) is 1. The second kappa shape index (κ2) is 7.95. The lowest BCUT2D eigenvalue weighted by molar-refractivity contribution is 0.0685. The van der Waals surface area contributed by atoms with Gasteiger partial charge in [0.15, 0.2) is 0 Å². The zero-order valence-electron chi connectivity index (χ0n) is 15.0. The molecule has 1 aromatic carbocycles. The first-order valence-corrected chi connectivity index (χ1v) is 9.66. The molecule has 1 aliphatic heterocycles. The summed E-state index contributed by atoms with van der Waals surface area (Å²) in [6.45, 7) is 5.53. The summed E-state index contributed by atoms with van der Waals surface area (Å²) < 4.78 is 1.72. The summed E-state index contributed by atoms with van der Waals surface area (Å²) >= 11 is 1.70. The lowest BCUT2D eigenvalue weighted by Gasteiger charge is -2.32. The summed E-state index contributed by atoms with van der Waals surface area (Å²) in [5.41, 5.74) is 0.958. The number of carbonyl (C=O) groups excluding carboxylic acids is 1. The number of rotatable bonds is 5. The molecule has 1 saturated heterocycles. The molecule has 0 radical (unpaired) electrons. The molecule has 1 fully saturated rings. The Labute approximate surface area is 157 Å². The van der Waals surface area contributed by atoms with Crippen LogP contribution in [0.15, 0.2) is 41.6 Å². The Morgan fingerprint density at radius 1 is 1.23 bits per heavy atom. The van der Waals surface area contributed by atoms with Gasteiger partial charge in [-0.3, -0.25) is 9.48 Å². The summed E-state index contributed by atoms with van der Waals surface area (Å²) in [6.07, 6.45) is 4.48. The second-order valence-corrected chi connectivity index (χ2v) is 8.32. The Kier molecular flexibility index (Phi) is 5.66. The maximum Gasteiger partial charge on any atom is 0.338 e. The molecule has 1 N–H and O–H groups in total. The molecule has 2 heterocycles. The normalized spacial score (nSPS) is 15.4. The Morgan fingerprint density at radius 3 is 2.54 bits per heavy atom. The number of piperidine rings is 1. The van der Waals surface area contributed by atoms with E-state index < -0.39 is 5.97 Å². The van der Waals surface area contributed by atoms with Gasteiger partial charge in [-0.05, 0) is 25.0 Å². The molecule has 0 bridgehead atoms. The van der Waals surface area contributed by atoms with Gasteiger partial charge in [0.1, 0.15) is 0 Å². The van der Waals surface area contributed by atoms with Crippen molar-refractivity contribution in [3.05, 3.63) is 47.8 Å².